The van der Waals surface area contributed by atoms with Crippen molar-refractivity contribution in [2.24, 2.45) is 0 Å². The Morgan fingerprint density at radius 3 is 2.63 bits per heavy atom. The van der Waals surface area contributed by atoms with E-state index >= 15 is 0 Å². The molecule has 1 aromatic carbocycles. The van der Waals surface area contributed by atoms with Gasteiger partial charge in [-0.15, -0.1) is 0 Å². The zero-order valence-corrected chi connectivity index (χ0v) is 12.9. The Balaban J connectivity index is 1.94. The van der Waals surface area contributed by atoms with Crippen LogP contribution in [0.25, 0.3) is 0 Å². The molecule has 0 aliphatic heterocycles. The summed E-state index contributed by atoms with van der Waals surface area (Å²) in [5, 5.41) is 3.55. The largest absolute Gasteiger partial charge is 0.487 e. The molecule has 19 heavy (non-hydrogen) atoms. The first-order chi connectivity index (χ1) is 9.09. The second-order valence-electron chi connectivity index (χ2n) is 3.94. The number of nitrogens with zero attached hydrogens (tertiary/aromatic N) is 1. The van der Waals surface area contributed by atoms with Gasteiger partial charge in [-0.05, 0) is 31.0 Å². The maximum Gasteiger partial charge on any atom is 0.273 e. The number of rotatable bonds is 5. The van der Waals surface area contributed by atoms with Crippen LogP contribution in [0.4, 0.5) is 0 Å². The summed E-state index contributed by atoms with van der Waals surface area (Å²) in [5.41, 5.74) is 2.02. The molecular formula is C13H13Cl2NO2S. The van der Waals surface area contributed by atoms with Gasteiger partial charge < -0.3 is 9.47 Å². The average molecular weight is 318 g/mol. The predicted octanol–water partition coefficient (Wildman–Crippen LogP) is 4.52. The maximum absolute atomic E-state index is 6.22. The van der Waals surface area contributed by atoms with E-state index in [0.717, 1.165) is 11.1 Å². The molecule has 0 bridgehead atoms. The highest BCUT2D eigenvalue weighted by atomic mass is 35.5. The predicted molar refractivity (Wildman–Crippen MR) is 79.0 cm³/mol. The molecule has 3 nitrogen and oxygen atoms in total. The highest BCUT2D eigenvalue weighted by Crippen LogP contribution is 2.37. The minimum atomic E-state index is 0.363. The molecule has 102 valence electrons. The number of benzene rings is 1. The van der Waals surface area contributed by atoms with Gasteiger partial charge in [0.25, 0.3) is 5.19 Å². The van der Waals surface area contributed by atoms with Crippen LogP contribution in [-0.4, -0.2) is 18.2 Å². The summed E-state index contributed by atoms with van der Waals surface area (Å²) in [7, 11) is 0. The highest BCUT2D eigenvalue weighted by molar-refractivity contribution is 7.11. The van der Waals surface area contributed by atoms with E-state index in [2.05, 4.69) is 4.98 Å². The Hall–Kier alpha value is -0.970. The van der Waals surface area contributed by atoms with Gasteiger partial charge in [-0.2, -0.15) is 0 Å². The summed E-state index contributed by atoms with van der Waals surface area (Å²) < 4.78 is 11.0. The van der Waals surface area contributed by atoms with Gasteiger partial charge in [-0.3, -0.25) is 0 Å². The van der Waals surface area contributed by atoms with Gasteiger partial charge in [-0.25, -0.2) is 4.98 Å². The van der Waals surface area contributed by atoms with Crippen LogP contribution in [0.1, 0.15) is 11.1 Å². The molecule has 0 fully saturated rings. The molecule has 0 radical (unpaired) electrons. The van der Waals surface area contributed by atoms with E-state index in [4.69, 9.17) is 32.7 Å². The van der Waals surface area contributed by atoms with Gasteiger partial charge in [-0.1, -0.05) is 34.5 Å². The molecule has 2 aromatic rings. The smallest absolute Gasteiger partial charge is 0.273 e. The lowest BCUT2D eigenvalue weighted by molar-refractivity contribution is 0.216. The Morgan fingerprint density at radius 2 is 1.95 bits per heavy atom. The van der Waals surface area contributed by atoms with Crippen LogP contribution in [0.2, 0.25) is 10.0 Å². The van der Waals surface area contributed by atoms with E-state index < -0.39 is 0 Å². The molecule has 0 amide bonds. The normalized spacial score (nSPS) is 10.5. The van der Waals surface area contributed by atoms with Crippen LogP contribution in [0.5, 0.6) is 10.9 Å². The summed E-state index contributed by atoms with van der Waals surface area (Å²) in [6.45, 7) is 4.66. The van der Waals surface area contributed by atoms with Crippen LogP contribution in [0, 0.1) is 13.8 Å². The third-order valence-electron chi connectivity index (χ3n) is 2.65. The summed E-state index contributed by atoms with van der Waals surface area (Å²) in [5.74, 6) is 0.508. The average Bonchev–Trinajstić information content (AvgIpc) is 2.88. The third kappa shape index (κ3) is 3.53. The molecular weight excluding hydrogens is 305 g/mol. The van der Waals surface area contributed by atoms with E-state index in [1.54, 1.807) is 6.20 Å². The standard InChI is InChI=1S/C13H13Cl2NO2S/c1-8-7-10(14)12(11(15)9(8)2)17-4-5-18-13-16-3-6-19-13/h3,6-7H,4-5H2,1-2H3. The number of halogens is 2. The molecule has 0 aliphatic rings. The number of hydrogen-bond acceptors (Lipinski definition) is 4. The minimum absolute atomic E-state index is 0.363. The second-order valence-corrected chi connectivity index (χ2v) is 5.58. The fourth-order valence-corrected chi connectivity index (χ4v) is 2.68. The van der Waals surface area contributed by atoms with E-state index in [1.807, 2.05) is 25.3 Å². The molecule has 0 unspecified atom stereocenters. The summed E-state index contributed by atoms with van der Waals surface area (Å²) in [4.78, 5) is 4.01. The van der Waals surface area contributed by atoms with Gasteiger partial charge in [0.15, 0.2) is 5.75 Å². The number of aryl methyl sites for hydroxylation is 1. The molecule has 1 aromatic heterocycles. The Labute approximate surface area is 126 Å². The van der Waals surface area contributed by atoms with E-state index in [1.165, 1.54) is 11.3 Å². The molecule has 2 rings (SSSR count). The second kappa shape index (κ2) is 6.46. The van der Waals surface area contributed by atoms with Crippen LogP contribution in [0.15, 0.2) is 17.6 Å². The first-order valence-corrected chi connectivity index (χ1v) is 7.33. The zero-order chi connectivity index (χ0) is 13.8. The van der Waals surface area contributed by atoms with Crippen LogP contribution in [0.3, 0.4) is 0 Å². The van der Waals surface area contributed by atoms with E-state index in [0.29, 0.717) is 34.2 Å². The van der Waals surface area contributed by atoms with Crippen molar-refractivity contribution in [1.82, 2.24) is 4.98 Å². The third-order valence-corrected chi connectivity index (χ3v) is 4.06. The van der Waals surface area contributed by atoms with Crippen LogP contribution in [-0.2, 0) is 0 Å². The maximum atomic E-state index is 6.22. The van der Waals surface area contributed by atoms with Crippen molar-refractivity contribution in [3.05, 3.63) is 38.8 Å². The lowest BCUT2D eigenvalue weighted by atomic mass is 10.1. The molecule has 0 saturated carbocycles. The van der Waals surface area contributed by atoms with E-state index in [9.17, 15) is 0 Å². The van der Waals surface area contributed by atoms with Gasteiger partial charge in [0, 0.05) is 11.6 Å². The van der Waals surface area contributed by atoms with Crippen LogP contribution < -0.4 is 9.47 Å². The van der Waals surface area contributed by atoms with Gasteiger partial charge in [0.2, 0.25) is 0 Å². The zero-order valence-electron chi connectivity index (χ0n) is 10.6. The van der Waals surface area contributed by atoms with Crippen molar-refractivity contribution in [2.75, 3.05) is 13.2 Å². The van der Waals surface area contributed by atoms with Crippen molar-refractivity contribution >= 4 is 34.5 Å². The van der Waals surface area contributed by atoms with Crippen molar-refractivity contribution in [2.45, 2.75) is 13.8 Å². The molecule has 0 spiro atoms. The van der Waals surface area contributed by atoms with Crippen LogP contribution >= 0.6 is 34.5 Å². The summed E-state index contributed by atoms with van der Waals surface area (Å²) in [6, 6.07) is 1.85. The van der Waals surface area contributed by atoms with Crippen molar-refractivity contribution in [1.29, 1.82) is 0 Å². The van der Waals surface area contributed by atoms with E-state index in [-0.39, 0.29) is 0 Å². The number of ether oxygens (including phenoxy) is 2. The topological polar surface area (TPSA) is 31.4 Å². The highest BCUT2D eigenvalue weighted by Gasteiger charge is 2.12. The number of thiazole rings is 1. The molecule has 0 atom stereocenters. The van der Waals surface area contributed by atoms with Gasteiger partial charge in [0.1, 0.15) is 13.2 Å². The Bertz CT molecular complexity index is 558. The fourth-order valence-electron chi connectivity index (χ4n) is 1.50. The van der Waals surface area contributed by atoms with Gasteiger partial charge >= 0.3 is 0 Å². The minimum Gasteiger partial charge on any atom is -0.487 e. The lowest BCUT2D eigenvalue weighted by Gasteiger charge is -2.13. The Morgan fingerprint density at radius 1 is 1.21 bits per heavy atom. The molecule has 0 N–H and O–H groups in total. The number of hydrogen-bond donors (Lipinski definition) is 0. The van der Waals surface area contributed by atoms with Crippen molar-refractivity contribution < 1.29 is 9.47 Å². The SMILES string of the molecule is Cc1cc(Cl)c(OCCOc2nccs2)c(Cl)c1C. The first-order valence-electron chi connectivity index (χ1n) is 5.70. The summed E-state index contributed by atoms with van der Waals surface area (Å²) >= 11 is 13.8. The van der Waals surface area contributed by atoms with Gasteiger partial charge in [0.05, 0.1) is 10.0 Å². The summed E-state index contributed by atoms with van der Waals surface area (Å²) in [6.07, 6.45) is 1.69. The van der Waals surface area contributed by atoms with Crippen molar-refractivity contribution in [3.63, 3.8) is 0 Å². The number of aromatic nitrogens is 1. The molecule has 0 aliphatic carbocycles. The molecule has 1 heterocycles. The first kappa shape index (κ1) is 14.4. The fraction of sp³-hybridized carbons (Fsp3) is 0.308. The molecule has 0 saturated heterocycles. The Kier molecular flexibility index (Phi) is 4.91. The monoisotopic (exact) mass is 317 g/mol. The quantitative estimate of drug-likeness (QED) is 0.759. The van der Waals surface area contributed by atoms with Crippen molar-refractivity contribution in [3.8, 4) is 10.9 Å². The molecule has 6 heteroatoms. The lowest BCUT2D eigenvalue weighted by Crippen LogP contribution is -2.09.